The van der Waals surface area contributed by atoms with Crippen molar-refractivity contribution in [1.29, 1.82) is 5.26 Å². The van der Waals surface area contributed by atoms with Crippen LogP contribution in [0.3, 0.4) is 0 Å². The fourth-order valence-electron chi connectivity index (χ4n) is 3.04. The number of esters is 1. The summed E-state index contributed by atoms with van der Waals surface area (Å²) in [5.41, 5.74) is 0.156. The standard InChI is InChI=1S/C19H19F4NO3/c20-15(12-24)3-1-2-13-4-8-16(9-5-13)26-18(25)14-6-10-17(11-7-14)27-19(21,22)23/h3,6-7,10-11,13,16H,1-2,4-5,8-9H2/b15-3-/t13-,16-. The SMILES string of the molecule is N#C/C(F)=C/CC[C@H]1CC[C@H](OC(=O)c2ccc(OC(F)(F)F)cc2)CC1. The third-order valence-corrected chi connectivity index (χ3v) is 4.40. The van der Waals surface area contributed by atoms with Crippen LogP contribution in [-0.2, 0) is 4.74 Å². The van der Waals surface area contributed by atoms with Gasteiger partial charge in [-0.3, -0.25) is 0 Å². The van der Waals surface area contributed by atoms with Crippen molar-refractivity contribution in [2.45, 2.75) is 51.0 Å². The van der Waals surface area contributed by atoms with Crippen LogP contribution in [0.15, 0.2) is 36.2 Å². The van der Waals surface area contributed by atoms with E-state index in [0.717, 1.165) is 31.4 Å². The van der Waals surface area contributed by atoms with Crippen molar-refractivity contribution in [2.75, 3.05) is 0 Å². The first-order chi connectivity index (χ1) is 12.8. The van der Waals surface area contributed by atoms with E-state index < -0.39 is 23.9 Å². The first-order valence-electron chi connectivity index (χ1n) is 8.59. The topological polar surface area (TPSA) is 59.3 Å². The van der Waals surface area contributed by atoms with E-state index in [1.165, 1.54) is 24.3 Å². The summed E-state index contributed by atoms with van der Waals surface area (Å²) < 4.78 is 58.3. The lowest BCUT2D eigenvalue weighted by Crippen LogP contribution is -2.24. The summed E-state index contributed by atoms with van der Waals surface area (Å²) in [5, 5.41) is 8.35. The van der Waals surface area contributed by atoms with Gasteiger partial charge in [-0.1, -0.05) is 0 Å². The minimum atomic E-state index is -4.78. The van der Waals surface area contributed by atoms with Crippen molar-refractivity contribution < 1.29 is 31.8 Å². The molecule has 2 rings (SSSR count). The van der Waals surface area contributed by atoms with Crippen molar-refractivity contribution in [2.24, 2.45) is 5.92 Å². The lowest BCUT2D eigenvalue weighted by atomic mass is 9.84. The van der Waals surface area contributed by atoms with Crippen LogP contribution in [0.5, 0.6) is 5.75 Å². The van der Waals surface area contributed by atoms with Crippen LogP contribution in [-0.4, -0.2) is 18.4 Å². The number of benzene rings is 1. The van der Waals surface area contributed by atoms with Gasteiger partial charge in [-0.2, -0.15) is 9.65 Å². The first kappa shape index (κ1) is 20.7. The Morgan fingerprint density at radius 1 is 1.19 bits per heavy atom. The largest absolute Gasteiger partial charge is 0.573 e. The van der Waals surface area contributed by atoms with Crippen LogP contribution < -0.4 is 4.74 Å². The highest BCUT2D eigenvalue weighted by Gasteiger charge is 2.31. The molecule has 0 amide bonds. The molecule has 1 aromatic carbocycles. The summed E-state index contributed by atoms with van der Waals surface area (Å²) in [5.74, 6) is -1.37. The third-order valence-electron chi connectivity index (χ3n) is 4.40. The summed E-state index contributed by atoms with van der Waals surface area (Å²) >= 11 is 0. The van der Waals surface area contributed by atoms with E-state index in [0.29, 0.717) is 25.2 Å². The summed E-state index contributed by atoms with van der Waals surface area (Å²) in [7, 11) is 0. The number of hydrogen-bond donors (Lipinski definition) is 0. The molecule has 0 radical (unpaired) electrons. The smallest absolute Gasteiger partial charge is 0.459 e. The zero-order valence-corrected chi connectivity index (χ0v) is 14.5. The Morgan fingerprint density at radius 2 is 1.81 bits per heavy atom. The van der Waals surface area contributed by atoms with E-state index in [9.17, 15) is 22.4 Å². The molecule has 0 atom stereocenters. The van der Waals surface area contributed by atoms with Gasteiger partial charge in [-0.05, 0) is 74.8 Å². The third kappa shape index (κ3) is 7.29. The predicted molar refractivity (Wildman–Crippen MR) is 88.3 cm³/mol. The summed E-state index contributed by atoms with van der Waals surface area (Å²) in [6, 6.07) is 6.02. The van der Waals surface area contributed by atoms with Gasteiger partial charge in [-0.15, -0.1) is 13.2 Å². The molecule has 1 aliphatic carbocycles. The van der Waals surface area contributed by atoms with Crippen LogP contribution in [0.4, 0.5) is 17.6 Å². The molecule has 1 aliphatic rings. The number of hydrogen-bond acceptors (Lipinski definition) is 4. The molecule has 1 aromatic rings. The second-order valence-electron chi connectivity index (χ2n) is 6.36. The minimum Gasteiger partial charge on any atom is -0.459 e. The second kappa shape index (κ2) is 9.40. The highest BCUT2D eigenvalue weighted by Crippen LogP contribution is 2.30. The van der Waals surface area contributed by atoms with Crippen molar-refractivity contribution >= 4 is 5.97 Å². The normalized spacial score (nSPS) is 20.6. The fraction of sp³-hybridized carbons (Fsp3) is 0.474. The second-order valence-corrected chi connectivity index (χ2v) is 6.36. The van der Waals surface area contributed by atoms with Crippen LogP contribution in [0.2, 0.25) is 0 Å². The number of halogens is 4. The molecule has 4 nitrogen and oxygen atoms in total. The van der Waals surface area contributed by atoms with Gasteiger partial charge in [0.15, 0.2) is 5.83 Å². The van der Waals surface area contributed by atoms with E-state index in [1.54, 1.807) is 0 Å². The number of rotatable bonds is 6. The average Bonchev–Trinajstić information content (AvgIpc) is 2.62. The van der Waals surface area contributed by atoms with Crippen molar-refractivity contribution in [3.05, 3.63) is 41.7 Å². The zero-order valence-electron chi connectivity index (χ0n) is 14.5. The van der Waals surface area contributed by atoms with Gasteiger partial charge >= 0.3 is 12.3 Å². The van der Waals surface area contributed by atoms with Gasteiger partial charge in [-0.25, -0.2) is 4.79 Å². The Kier molecular flexibility index (Phi) is 7.22. The van der Waals surface area contributed by atoms with Crippen LogP contribution in [0.25, 0.3) is 0 Å². The van der Waals surface area contributed by atoms with Crippen LogP contribution >= 0.6 is 0 Å². The number of carbonyl (C=O) groups is 1. The predicted octanol–water partition coefficient (Wildman–Crippen LogP) is 5.46. The molecule has 8 heteroatoms. The maximum absolute atomic E-state index is 12.7. The number of nitrogens with zero attached hydrogens (tertiary/aromatic N) is 1. The molecule has 1 fully saturated rings. The molecule has 27 heavy (non-hydrogen) atoms. The molecule has 0 bridgehead atoms. The molecule has 0 unspecified atom stereocenters. The maximum Gasteiger partial charge on any atom is 0.573 e. The summed E-state index contributed by atoms with van der Waals surface area (Å²) in [6.45, 7) is 0. The molecule has 0 saturated heterocycles. The van der Waals surface area contributed by atoms with E-state index in [4.69, 9.17) is 10.00 Å². The van der Waals surface area contributed by atoms with Gasteiger partial charge in [0, 0.05) is 0 Å². The first-order valence-corrected chi connectivity index (χ1v) is 8.59. The number of nitriles is 1. The van der Waals surface area contributed by atoms with Crippen molar-refractivity contribution in [3.63, 3.8) is 0 Å². The van der Waals surface area contributed by atoms with E-state index >= 15 is 0 Å². The van der Waals surface area contributed by atoms with E-state index in [1.807, 2.05) is 0 Å². The van der Waals surface area contributed by atoms with Gasteiger partial charge in [0.25, 0.3) is 0 Å². The fourth-order valence-corrected chi connectivity index (χ4v) is 3.04. The van der Waals surface area contributed by atoms with Crippen LogP contribution in [0.1, 0.15) is 48.9 Å². The Bertz CT molecular complexity index is 699. The number of allylic oxidation sites excluding steroid dienone is 2. The number of alkyl halides is 3. The molecular formula is C19H19F4NO3. The molecule has 0 heterocycles. The van der Waals surface area contributed by atoms with E-state index in [2.05, 4.69) is 4.74 Å². The number of carbonyl (C=O) groups excluding carboxylic acids is 1. The molecule has 0 aromatic heterocycles. The number of ether oxygens (including phenoxy) is 2. The minimum absolute atomic E-state index is 0.156. The molecule has 0 aliphatic heterocycles. The van der Waals surface area contributed by atoms with Gasteiger partial charge in [0.1, 0.15) is 17.9 Å². The quantitative estimate of drug-likeness (QED) is 0.371. The highest BCUT2D eigenvalue weighted by atomic mass is 19.4. The zero-order chi connectivity index (χ0) is 19.9. The van der Waals surface area contributed by atoms with Crippen LogP contribution in [0, 0.1) is 17.2 Å². The lowest BCUT2D eigenvalue weighted by Gasteiger charge is -2.28. The molecule has 0 N–H and O–H groups in total. The lowest BCUT2D eigenvalue weighted by molar-refractivity contribution is -0.274. The van der Waals surface area contributed by atoms with Crippen molar-refractivity contribution in [3.8, 4) is 11.8 Å². The molecular weight excluding hydrogens is 366 g/mol. The van der Waals surface area contributed by atoms with Gasteiger partial charge in [0.05, 0.1) is 5.56 Å². The highest BCUT2D eigenvalue weighted by molar-refractivity contribution is 5.89. The Balaban J connectivity index is 1.76. The summed E-state index contributed by atoms with van der Waals surface area (Å²) in [4.78, 5) is 12.1. The Labute approximate surface area is 154 Å². The molecule has 1 saturated carbocycles. The Morgan fingerprint density at radius 3 is 2.37 bits per heavy atom. The van der Waals surface area contributed by atoms with Crippen molar-refractivity contribution in [1.82, 2.24) is 0 Å². The van der Waals surface area contributed by atoms with Gasteiger partial charge < -0.3 is 9.47 Å². The monoisotopic (exact) mass is 385 g/mol. The van der Waals surface area contributed by atoms with E-state index in [-0.39, 0.29) is 11.7 Å². The summed E-state index contributed by atoms with van der Waals surface area (Å²) in [6.07, 6.45) is 0.543. The maximum atomic E-state index is 12.7. The molecule has 146 valence electrons. The molecule has 0 spiro atoms. The van der Waals surface area contributed by atoms with Gasteiger partial charge in [0.2, 0.25) is 0 Å². The average molecular weight is 385 g/mol. The Hall–Kier alpha value is -2.56.